The number of anilines is 3. The average molecular weight is 349 g/mol. The number of hydrogen-bond donors (Lipinski definition) is 2. The molecule has 0 unspecified atom stereocenters. The molecule has 2 aromatic carbocycles. The highest BCUT2D eigenvalue weighted by Gasteiger charge is 2.14. The fraction of sp³-hybridized carbons (Fsp3) is 0.143. The minimum absolute atomic E-state index is 0.133. The van der Waals surface area contributed by atoms with Crippen LogP contribution in [0.15, 0.2) is 66.9 Å². The van der Waals surface area contributed by atoms with Crippen LogP contribution in [0.3, 0.4) is 0 Å². The zero-order valence-corrected chi connectivity index (χ0v) is 14.7. The first-order chi connectivity index (χ1) is 12.5. The third kappa shape index (κ3) is 4.06. The van der Waals surface area contributed by atoms with Gasteiger partial charge in [0.1, 0.15) is 11.6 Å². The molecule has 0 spiro atoms. The van der Waals surface area contributed by atoms with Crippen LogP contribution < -0.4 is 10.6 Å². The number of hydrogen-bond acceptors (Lipinski definition) is 3. The molecule has 0 atom stereocenters. The van der Waals surface area contributed by atoms with Crippen molar-refractivity contribution in [2.75, 3.05) is 10.6 Å². The lowest BCUT2D eigenvalue weighted by molar-refractivity contribution is 0.102. The highest BCUT2D eigenvalue weighted by molar-refractivity contribution is 6.07. The van der Waals surface area contributed by atoms with E-state index in [4.69, 9.17) is 0 Å². The lowest BCUT2D eigenvalue weighted by atomic mass is 10.0. The topological polar surface area (TPSA) is 54.0 Å². The van der Waals surface area contributed by atoms with Gasteiger partial charge >= 0.3 is 0 Å². The standard InChI is InChI=1S/C21H20FN3O/c1-14(2)15-9-11-16(12-10-15)24-20-17(6-5-13-23-20)21(26)25-19-8-4-3-7-18(19)22/h3-14H,1-2H3,(H,23,24)(H,25,26). The number of carbonyl (C=O) groups is 1. The van der Waals surface area contributed by atoms with E-state index in [0.717, 1.165) is 5.69 Å². The van der Waals surface area contributed by atoms with E-state index in [1.807, 2.05) is 24.3 Å². The maximum atomic E-state index is 13.8. The Hall–Kier alpha value is -3.21. The summed E-state index contributed by atoms with van der Waals surface area (Å²) in [6.45, 7) is 4.26. The van der Waals surface area contributed by atoms with Crippen molar-refractivity contribution in [1.29, 1.82) is 0 Å². The van der Waals surface area contributed by atoms with Crippen LogP contribution in [-0.2, 0) is 0 Å². The van der Waals surface area contributed by atoms with Gasteiger partial charge in [-0.3, -0.25) is 4.79 Å². The molecule has 0 fully saturated rings. The van der Waals surface area contributed by atoms with Gasteiger partial charge in [-0.15, -0.1) is 0 Å². The monoisotopic (exact) mass is 349 g/mol. The average Bonchev–Trinajstić information content (AvgIpc) is 2.64. The molecule has 1 heterocycles. The van der Waals surface area contributed by atoms with Crippen LogP contribution in [0.2, 0.25) is 0 Å². The van der Waals surface area contributed by atoms with Crippen molar-refractivity contribution < 1.29 is 9.18 Å². The zero-order chi connectivity index (χ0) is 18.5. The lowest BCUT2D eigenvalue weighted by Gasteiger charge is -2.12. The van der Waals surface area contributed by atoms with Gasteiger partial charge in [0.25, 0.3) is 5.91 Å². The van der Waals surface area contributed by atoms with Crippen molar-refractivity contribution in [3.05, 3.63) is 83.8 Å². The highest BCUT2D eigenvalue weighted by atomic mass is 19.1. The van der Waals surface area contributed by atoms with Crippen molar-refractivity contribution in [3.63, 3.8) is 0 Å². The summed E-state index contributed by atoms with van der Waals surface area (Å²) >= 11 is 0. The third-order valence-electron chi connectivity index (χ3n) is 4.01. The Bertz CT molecular complexity index is 907. The van der Waals surface area contributed by atoms with Crippen molar-refractivity contribution in [1.82, 2.24) is 4.98 Å². The molecule has 26 heavy (non-hydrogen) atoms. The Kier molecular flexibility index (Phi) is 5.27. The van der Waals surface area contributed by atoms with E-state index in [0.29, 0.717) is 17.3 Å². The summed E-state index contributed by atoms with van der Waals surface area (Å²) in [6, 6.07) is 17.3. The summed E-state index contributed by atoms with van der Waals surface area (Å²) in [4.78, 5) is 16.8. The quantitative estimate of drug-likeness (QED) is 0.654. The minimum Gasteiger partial charge on any atom is -0.340 e. The number of para-hydroxylation sites is 1. The third-order valence-corrected chi connectivity index (χ3v) is 4.01. The van der Waals surface area contributed by atoms with Crippen LogP contribution in [0.4, 0.5) is 21.6 Å². The van der Waals surface area contributed by atoms with Crippen LogP contribution in [0.5, 0.6) is 0 Å². The molecule has 132 valence electrons. The summed E-state index contributed by atoms with van der Waals surface area (Å²) in [7, 11) is 0. The van der Waals surface area contributed by atoms with Crippen molar-refractivity contribution in [2.24, 2.45) is 0 Å². The smallest absolute Gasteiger partial charge is 0.259 e. The first-order valence-corrected chi connectivity index (χ1v) is 8.42. The van der Waals surface area contributed by atoms with Crippen LogP contribution in [0, 0.1) is 5.82 Å². The van der Waals surface area contributed by atoms with Crippen molar-refractivity contribution >= 4 is 23.1 Å². The molecule has 3 aromatic rings. The second-order valence-corrected chi connectivity index (χ2v) is 6.24. The molecule has 1 amide bonds. The molecule has 4 nitrogen and oxygen atoms in total. The van der Waals surface area contributed by atoms with Gasteiger partial charge in [0.15, 0.2) is 0 Å². The molecule has 0 bridgehead atoms. The van der Waals surface area contributed by atoms with Crippen LogP contribution in [0.25, 0.3) is 0 Å². The Morgan fingerprint density at radius 2 is 1.73 bits per heavy atom. The van der Waals surface area contributed by atoms with Crippen molar-refractivity contribution in [3.8, 4) is 0 Å². The zero-order valence-electron chi connectivity index (χ0n) is 14.7. The maximum absolute atomic E-state index is 13.8. The summed E-state index contributed by atoms with van der Waals surface area (Å²) in [5, 5.41) is 5.74. The first-order valence-electron chi connectivity index (χ1n) is 8.42. The van der Waals surface area contributed by atoms with Crippen molar-refractivity contribution in [2.45, 2.75) is 19.8 Å². The number of halogens is 1. The van der Waals surface area contributed by atoms with Gasteiger partial charge in [0.05, 0.1) is 11.3 Å². The fourth-order valence-electron chi connectivity index (χ4n) is 2.53. The number of nitrogens with one attached hydrogen (secondary N) is 2. The molecule has 0 aliphatic rings. The van der Waals surface area contributed by atoms with Gasteiger partial charge in [0, 0.05) is 11.9 Å². The highest BCUT2D eigenvalue weighted by Crippen LogP contribution is 2.23. The first kappa shape index (κ1) is 17.6. The number of pyridine rings is 1. The lowest BCUT2D eigenvalue weighted by Crippen LogP contribution is -2.15. The number of benzene rings is 2. The number of rotatable bonds is 5. The van der Waals surface area contributed by atoms with E-state index in [9.17, 15) is 9.18 Å². The predicted molar refractivity (Wildman–Crippen MR) is 102 cm³/mol. The second kappa shape index (κ2) is 7.78. The number of nitrogens with zero attached hydrogens (tertiary/aromatic N) is 1. The van der Waals surface area contributed by atoms with E-state index in [2.05, 4.69) is 29.5 Å². The van der Waals surface area contributed by atoms with E-state index in [1.54, 1.807) is 30.5 Å². The van der Waals surface area contributed by atoms with E-state index in [1.165, 1.54) is 17.7 Å². The number of amides is 1. The van der Waals surface area contributed by atoms with E-state index in [-0.39, 0.29) is 5.69 Å². The van der Waals surface area contributed by atoms with Crippen LogP contribution >= 0.6 is 0 Å². The number of carbonyl (C=O) groups excluding carboxylic acids is 1. The van der Waals surface area contributed by atoms with Crippen LogP contribution in [-0.4, -0.2) is 10.9 Å². The fourth-order valence-corrected chi connectivity index (χ4v) is 2.53. The van der Waals surface area contributed by atoms with Gasteiger partial charge in [-0.2, -0.15) is 0 Å². The summed E-state index contributed by atoms with van der Waals surface area (Å²) < 4.78 is 13.8. The Balaban J connectivity index is 1.81. The predicted octanol–water partition coefficient (Wildman–Crippen LogP) is 5.34. The van der Waals surface area contributed by atoms with E-state index >= 15 is 0 Å². The summed E-state index contributed by atoms with van der Waals surface area (Å²) in [5.41, 5.74) is 2.53. The van der Waals surface area contributed by atoms with Gasteiger partial charge in [-0.25, -0.2) is 9.37 Å². The molecule has 0 aliphatic carbocycles. The molecule has 5 heteroatoms. The Labute approximate surface area is 152 Å². The largest absolute Gasteiger partial charge is 0.340 e. The second-order valence-electron chi connectivity index (χ2n) is 6.24. The summed E-state index contributed by atoms with van der Waals surface area (Å²) in [5.74, 6) is -0.0485. The molecular formula is C21H20FN3O. The van der Waals surface area contributed by atoms with E-state index < -0.39 is 11.7 Å². The number of aromatic nitrogens is 1. The maximum Gasteiger partial charge on any atom is 0.259 e. The Morgan fingerprint density at radius 3 is 2.42 bits per heavy atom. The molecule has 0 saturated heterocycles. The molecule has 0 aliphatic heterocycles. The normalized spacial score (nSPS) is 10.6. The molecular weight excluding hydrogens is 329 g/mol. The summed E-state index contributed by atoms with van der Waals surface area (Å²) in [6.07, 6.45) is 1.60. The minimum atomic E-state index is -0.483. The SMILES string of the molecule is CC(C)c1ccc(Nc2ncccc2C(=O)Nc2ccccc2F)cc1. The van der Waals surface area contributed by atoms with Gasteiger partial charge in [-0.05, 0) is 47.9 Å². The van der Waals surface area contributed by atoms with Gasteiger partial charge < -0.3 is 10.6 Å². The molecule has 2 N–H and O–H groups in total. The van der Waals surface area contributed by atoms with Gasteiger partial charge in [-0.1, -0.05) is 38.1 Å². The van der Waals surface area contributed by atoms with Gasteiger partial charge in [0.2, 0.25) is 0 Å². The van der Waals surface area contributed by atoms with Crippen LogP contribution in [0.1, 0.15) is 35.7 Å². The molecule has 0 saturated carbocycles. The molecule has 1 aromatic heterocycles. The molecule has 3 rings (SSSR count). The Morgan fingerprint density at radius 1 is 1.00 bits per heavy atom. The molecule has 0 radical (unpaired) electrons.